The van der Waals surface area contributed by atoms with Gasteiger partial charge in [0.1, 0.15) is 17.2 Å². The minimum Gasteiger partial charge on any atom is -0.488 e. The van der Waals surface area contributed by atoms with Crippen LogP contribution >= 0.6 is 11.3 Å². The highest BCUT2D eigenvalue weighted by Gasteiger charge is 2.23. The molecule has 2 N–H and O–H groups in total. The zero-order valence-corrected chi connectivity index (χ0v) is 14.6. The maximum Gasteiger partial charge on any atom is 0.348 e. The number of carbonyl (C=O) groups excluding carboxylic acids is 3. The van der Waals surface area contributed by atoms with Gasteiger partial charge >= 0.3 is 12.0 Å². The van der Waals surface area contributed by atoms with E-state index < -0.39 is 24.5 Å². The lowest BCUT2D eigenvalue weighted by atomic mass is 10.1. The molecule has 3 rings (SSSR count). The van der Waals surface area contributed by atoms with E-state index in [1.165, 1.54) is 17.4 Å². The van der Waals surface area contributed by atoms with E-state index in [9.17, 15) is 14.4 Å². The van der Waals surface area contributed by atoms with Gasteiger partial charge in [-0.05, 0) is 18.2 Å². The van der Waals surface area contributed by atoms with Crippen molar-refractivity contribution in [1.29, 1.82) is 0 Å². The topological polar surface area (TPSA) is 93.7 Å². The molecule has 3 amide bonds. The molecule has 0 saturated heterocycles. The first-order valence-corrected chi connectivity index (χ1v) is 8.60. The van der Waals surface area contributed by atoms with Gasteiger partial charge < -0.3 is 14.8 Å². The van der Waals surface area contributed by atoms with Crippen LogP contribution in [-0.4, -0.2) is 31.1 Å². The molecule has 1 aromatic carbocycles. The molecule has 2 heterocycles. The van der Waals surface area contributed by atoms with E-state index in [-0.39, 0.29) is 6.54 Å². The Labute approximate surface area is 153 Å². The van der Waals surface area contributed by atoms with Gasteiger partial charge in [-0.2, -0.15) is 0 Å². The fourth-order valence-electron chi connectivity index (χ4n) is 2.37. The normalized spacial score (nSPS) is 11.4. The maximum atomic E-state index is 12.2. The van der Waals surface area contributed by atoms with Crippen molar-refractivity contribution in [3.63, 3.8) is 0 Å². The van der Waals surface area contributed by atoms with Crippen LogP contribution in [0.15, 0.2) is 43.0 Å². The fourth-order valence-corrected chi connectivity index (χ4v) is 3.47. The largest absolute Gasteiger partial charge is 0.488 e. The van der Waals surface area contributed by atoms with E-state index in [1.807, 2.05) is 24.3 Å². The van der Waals surface area contributed by atoms with E-state index in [1.54, 1.807) is 6.07 Å². The van der Waals surface area contributed by atoms with Crippen molar-refractivity contribution >= 4 is 29.2 Å². The zero-order valence-electron chi connectivity index (χ0n) is 13.7. The number of amides is 3. The summed E-state index contributed by atoms with van der Waals surface area (Å²) >= 11 is 1.29. The molecule has 0 unspecified atom stereocenters. The molecule has 0 spiro atoms. The first kappa shape index (κ1) is 17.7. The molecule has 1 aliphatic rings. The van der Waals surface area contributed by atoms with Crippen molar-refractivity contribution in [3.05, 3.63) is 53.4 Å². The monoisotopic (exact) mass is 372 g/mol. The van der Waals surface area contributed by atoms with Crippen LogP contribution in [0.4, 0.5) is 4.79 Å². The van der Waals surface area contributed by atoms with Gasteiger partial charge in [0.15, 0.2) is 6.61 Å². The minimum atomic E-state index is -0.713. The van der Waals surface area contributed by atoms with E-state index >= 15 is 0 Å². The van der Waals surface area contributed by atoms with Crippen molar-refractivity contribution in [2.24, 2.45) is 0 Å². The van der Waals surface area contributed by atoms with E-state index in [2.05, 4.69) is 17.2 Å². The summed E-state index contributed by atoms with van der Waals surface area (Å²) in [5.74, 6) is -0.565. The molecule has 0 bridgehead atoms. The van der Waals surface area contributed by atoms with Gasteiger partial charge in [-0.1, -0.05) is 18.2 Å². The standard InChI is InChI=1S/C18H16N2O5S/c1-2-7-19-18(23)20-15(21)10-25-17(22)14-8-11-9-24-13-6-4-3-5-12(13)16(11)26-14/h2-6,8H,1,7,9-10H2,(H2,19,20,21,23). The first-order valence-electron chi connectivity index (χ1n) is 7.79. The number of hydrogen-bond acceptors (Lipinski definition) is 6. The number of urea groups is 1. The van der Waals surface area contributed by atoms with Gasteiger partial charge in [0.2, 0.25) is 0 Å². The molecule has 1 aliphatic heterocycles. The number of carbonyl (C=O) groups is 3. The molecular weight excluding hydrogens is 356 g/mol. The third-order valence-electron chi connectivity index (χ3n) is 3.52. The number of thiophene rings is 1. The number of benzene rings is 1. The van der Waals surface area contributed by atoms with Gasteiger partial charge in [0.05, 0.1) is 0 Å². The Hall–Kier alpha value is -3.13. The number of ether oxygens (including phenoxy) is 2. The van der Waals surface area contributed by atoms with Crippen LogP contribution in [0.2, 0.25) is 0 Å². The number of hydrogen-bond donors (Lipinski definition) is 2. The summed E-state index contributed by atoms with van der Waals surface area (Å²) < 4.78 is 10.6. The molecule has 26 heavy (non-hydrogen) atoms. The predicted molar refractivity (Wildman–Crippen MR) is 96.1 cm³/mol. The predicted octanol–water partition coefficient (Wildman–Crippen LogP) is 2.48. The molecule has 0 radical (unpaired) electrons. The number of imide groups is 1. The molecule has 0 atom stereocenters. The average Bonchev–Trinajstić information content (AvgIpc) is 3.09. The Morgan fingerprint density at radius 1 is 1.31 bits per heavy atom. The number of esters is 1. The molecule has 0 aliphatic carbocycles. The van der Waals surface area contributed by atoms with Gasteiger partial charge in [0.25, 0.3) is 5.91 Å². The lowest BCUT2D eigenvalue weighted by Gasteiger charge is -2.16. The molecule has 0 saturated carbocycles. The Kier molecular flexibility index (Phi) is 5.33. The van der Waals surface area contributed by atoms with Gasteiger partial charge in [-0.15, -0.1) is 17.9 Å². The van der Waals surface area contributed by atoms with Crippen LogP contribution in [0.1, 0.15) is 15.2 Å². The molecule has 7 nitrogen and oxygen atoms in total. The summed E-state index contributed by atoms with van der Waals surface area (Å²) in [4.78, 5) is 36.5. The maximum absolute atomic E-state index is 12.2. The van der Waals surface area contributed by atoms with Gasteiger partial charge in [-0.3, -0.25) is 10.1 Å². The van der Waals surface area contributed by atoms with Crippen LogP contribution in [-0.2, 0) is 16.1 Å². The Bertz CT molecular complexity index is 874. The highest BCUT2D eigenvalue weighted by Crippen LogP contribution is 2.42. The SMILES string of the molecule is C=CCNC(=O)NC(=O)COC(=O)c1cc2c(s1)-c1ccccc1OC2. The third-order valence-corrected chi connectivity index (χ3v) is 4.71. The summed E-state index contributed by atoms with van der Waals surface area (Å²) in [7, 11) is 0. The lowest BCUT2D eigenvalue weighted by molar-refractivity contribution is -0.123. The average molecular weight is 372 g/mol. The number of nitrogens with one attached hydrogen (secondary N) is 2. The van der Waals surface area contributed by atoms with E-state index in [0.717, 1.165) is 21.8 Å². The molecule has 2 aromatic rings. The second kappa shape index (κ2) is 7.83. The highest BCUT2D eigenvalue weighted by molar-refractivity contribution is 7.17. The number of rotatable bonds is 5. The fraction of sp³-hybridized carbons (Fsp3) is 0.167. The van der Waals surface area contributed by atoms with Crippen molar-refractivity contribution in [1.82, 2.24) is 10.6 Å². The van der Waals surface area contributed by atoms with Crippen LogP contribution in [0.5, 0.6) is 5.75 Å². The smallest absolute Gasteiger partial charge is 0.348 e. The summed E-state index contributed by atoms with van der Waals surface area (Å²) in [5, 5.41) is 4.44. The summed E-state index contributed by atoms with van der Waals surface area (Å²) in [6.07, 6.45) is 1.48. The van der Waals surface area contributed by atoms with Crippen molar-refractivity contribution in [2.75, 3.05) is 13.2 Å². The van der Waals surface area contributed by atoms with Crippen LogP contribution < -0.4 is 15.4 Å². The molecule has 8 heteroatoms. The lowest BCUT2D eigenvalue weighted by Crippen LogP contribution is -2.41. The summed E-state index contributed by atoms with van der Waals surface area (Å²) in [6, 6.07) is 8.61. The first-order chi connectivity index (χ1) is 12.6. The molecule has 1 aromatic heterocycles. The van der Waals surface area contributed by atoms with Gasteiger partial charge in [-0.25, -0.2) is 9.59 Å². The zero-order chi connectivity index (χ0) is 18.5. The number of para-hydroxylation sites is 1. The quantitative estimate of drug-likeness (QED) is 0.621. The van der Waals surface area contributed by atoms with Crippen molar-refractivity contribution < 1.29 is 23.9 Å². The van der Waals surface area contributed by atoms with Crippen LogP contribution in [0, 0.1) is 0 Å². The minimum absolute atomic E-state index is 0.225. The van der Waals surface area contributed by atoms with Crippen LogP contribution in [0.3, 0.4) is 0 Å². The second-order valence-corrected chi connectivity index (χ2v) is 6.43. The molecule has 0 fully saturated rings. The Morgan fingerprint density at radius 2 is 2.12 bits per heavy atom. The van der Waals surface area contributed by atoms with E-state index in [0.29, 0.717) is 11.5 Å². The second-order valence-electron chi connectivity index (χ2n) is 5.37. The third kappa shape index (κ3) is 3.92. The summed E-state index contributed by atoms with van der Waals surface area (Å²) in [6.45, 7) is 3.50. The molecular formula is C18H16N2O5S. The Balaban J connectivity index is 1.60. The number of fused-ring (bicyclic) bond motifs is 3. The van der Waals surface area contributed by atoms with Crippen LogP contribution in [0.25, 0.3) is 10.4 Å². The Morgan fingerprint density at radius 3 is 2.92 bits per heavy atom. The van der Waals surface area contributed by atoms with Gasteiger partial charge in [0, 0.05) is 22.5 Å². The molecule has 134 valence electrons. The van der Waals surface area contributed by atoms with Crippen molar-refractivity contribution in [3.8, 4) is 16.2 Å². The summed E-state index contributed by atoms with van der Waals surface area (Å²) in [5.41, 5.74) is 1.82. The highest BCUT2D eigenvalue weighted by atomic mass is 32.1. The van der Waals surface area contributed by atoms with Crippen molar-refractivity contribution in [2.45, 2.75) is 6.61 Å². The van der Waals surface area contributed by atoms with E-state index in [4.69, 9.17) is 9.47 Å².